The van der Waals surface area contributed by atoms with Gasteiger partial charge in [0.05, 0.1) is 5.56 Å². The molecule has 1 aliphatic carbocycles. The van der Waals surface area contributed by atoms with Gasteiger partial charge >= 0.3 is 0 Å². The Morgan fingerprint density at radius 2 is 1.52 bits per heavy atom. The first-order chi connectivity index (χ1) is 13.4. The van der Waals surface area contributed by atoms with Gasteiger partial charge < -0.3 is 4.42 Å². The highest BCUT2D eigenvalue weighted by molar-refractivity contribution is 5.89. The van der Waals surface area contributed by atoms with Crippen molar-refractivity contribution in [3.63, 3.8) is 0 Å². The normalized spacial score (nSPS) is 12.4. The van der Waals surface area contributed by atoms with Crippen LogP contribution < -0.4 is 0 Å². The van der Waals surface area contributed by atoms with Crippen molar-refractivity contribution in [3.05, 3.63) is 101 Å². The SMILES string of the molecule is C(#Cc1cccc2c3c(oc12)C=CCC3)c1ccccc1-c1ccccc1. The highest BCUT2D eigenvalue weighted by Gasteiger charge is 2.15. The molecule has 0 saturated carbocycles. The number of aryl methyl sites for hydroxylation is 1. The Hall–Kier alpha value is -3.50. The van der Waals surface area contributed by atoms with Gasteiger partial charge in [-0.1, -0.05) is 78.6 Å². The van der Waals surface area contributed by atoms with E-state index < -0.39 is 0 Å². The highest BCUT2D eigenvalue weighted by Crippen LogP contribution is 2.32. The van der Waals surface area contributed by atoms with Gasteiger partial charge in [0.15, 0.2) is 5.58 Å². The summed E-state index contributed by atoms with van der Waals surface area (Å²) in [5, 5.41) is 1.19. The number of hydrogen-bond acceptors (Lipinski definition) is 1. The molecule has 5 rings (SSSR count). The zero-order chi connectivity index (χ0) is 18.1. The number of hydrogen-bond donors (Lipinski definition) is 0. The summed E-state index contributed by atoms with van der Waals surface area (Å²) in [6.45, 7) is 0. The molecule has 0 atom stereocenters. The lowest BCUT2D eigenvalue weighted by atomic mass is 9.99. The minimum absolute atomic E-state index is 0.902. The van der Waals surface area contributed by atoms with Crippen molar-refractivity contribution in [2.45, 2.75) is 12.8 Å². The molecule has 0 unspecified atom stereocenters. The molecule has 0 amide bonds. The molecule has 1 nitrogen and oxygen atoms in total. The van der Waals surface area contributed by atoms with Crippen LogP contribution in [0, 0.1) is 11.8 Å². The molecule has 0 aliphatic heterocycles. The average molecular weight is 346 g/mol. The van der Waals surface area contributed by atoms with E-state index in [0.29, 0.717) is 0 Å². The lowest BCUT2D eigenvalue weighted by molar-refractivity contribution is 0.594. The molecule has 27 heavy (non-hydrogen) atoms. The zero-order valence-corrected chi connectivity index (χ0v) is 14.9. The summed E-state index contributed by atoms with van der Waals surface area (Å²) in [5.41, 5.74) is 6.51. The molecule has 0 radical (unpaired) electrons. The molecule has 0 fully saturated rings. The van der Waals surface area contributed by atoms with Crippen LogP contribution in [0.2, 0.25) is 0 Å². The molecule has 1 heteroatoms. The molecule has 128 valence electrons. The first kappa shape index (κ1) is 15.7. The Morgan fingerprint density at radius 1 is 0.741 bits per heavy atom. The minimum atomic E-state index is 0.902. The average Bonchev–Trinajstić information content (AvgIpc) is 3.12. The predicted molar refractivity (Wildman–Crippen MR) is 111 cm³/mol. The first-order valence-corrected chi connectivity index (χ1v) is 9.27. The summed E-state index contributed by atoms with van der Waals surface area (Å²) in [7, 11) is 0. The first-order valence-electron chi connectivity index (χ1n) is 9.27. The van der Waals surface area contributed by atoms with Crippen LogP contribution in [0.5, 0.6) is 0 Å². The van der Waals surface area contributed by atoms with Gasteiger partial charge in [-0.25, -0.2) is 0 Å². The van der Waals surface area contributed by atoms with Crippen molar-refractivity contribution >= 4 is 17.0 Å². The molecular formula is C26H18O. The van der Waals surface area contributed by atoms with Gasteiger partial charge in [0.1, 0.15) is 5.76 Å². The van der Waals surface area contributed by atoms with E-state index in [4.69, 9.17) is 4.42 Å². The lowest BCUT2D eigenvalue weighted by Gasteiger charge is -2.04. The summed E-state index contributed by atoms with van der Waals surface area (Å²) in [5.74, 6) is 7.71. The summed E-state index contributed by atoms with van der Waals surface area (Å²) >= 11 is 0. The maximum Gasteiger partial charge on any atom is 0.150 e. The summed E-state index contributed by atoms with van der Waals surface area (Å²) < 4.78 is 6.14. The zero-order valence-electron chi connectivity index (χ0n) is 14.9. The topological polar surface area (TPSA) is 13.1 Å². The van der Waals surface area contributed by atoms with E-state index >= 15 is 0 Å². The van der Waals surface area contributed by atoms with E-state index in [-0.39, 0.29) is 0 Å². The number of fused-ring (bicyclic) bond motifs is 3. The molecule has 1 aromatic heterocycles. The lowest BCUT2D eigenvalue weighted by Crippen LogP contribution is -1.89. The summed E-state index contributed by atoms with van der Waals surface area (Å²) in [6, 6.07) is 24.9. The molecule has 0 spiro atoms. The van der Waals surface area contributed by atoms with Gasteiger partial charge in [0.2, 0.25) is 0 Å². The third-order valence-electron chi connectivity index (χ3n) is 5.02. The number of rotatable bonds is 1. The van der Waals surface area contributed by atoms with Crippen LogP contribution in [-0.4, -0.2) is 0 Å². The van der Waals surface area contributed by atoms with Gasteiger partial charge in [-0.3, -0.25) is 0 Å². The van der Waals surface area contributed by atoms with Gasteiger partial charge in [-0.15, -0.1) is 0 Å². The second-order valence-corrected chi connectivity index (χ2v) is 6.73. The van der Waals surface area contributed by atoms with Crippen molar-refractivity contribution in [2.75, 3.05) is 0 Å². The van der Waals surface area contributed by atoms with Gasteiger partial charge in [0.25, 0.3) is 0 Å². The van der Waals surface area contributed by atoms with Crippen LogP contribution in [0.3, 0.4) is 0 Å². The van der Waals surface area contributed by atoms with E-state index in [0.717, 1.165) is 40.9 Å². The van der Waals surface area contributed by atoms with Gasteiger partial charge in [0, 0.05) is 16.5 Å². The van der Waals surface area contributed by atoms with Crippen LogP contribution in [0.1, 0.15) is 28.9 Å². The molecule has 0 N–H and O–H groups in total. The Kier molecular flexibility index (Phi) is 3.88. The van der Waals surface area contributed by atoms with Gasteiger partial charge in [-0.05, 0) is 42.2 Å². The van der Waals surface area contributed by atoms with Crippen molar-refractivity contribution < 1.29 is 4.42 Å². The molecule has 3 aromatic carbocycles. The highest BCUT2D eigenvalue weighted by atomic mass is 16.3. The van der Waals surface area contributed by atoms with Crippen molar-refractivity contribution in [1.29, 1.82) is 0 Å². The van der Waals surface area contributed by atoms with E-state index in [1.807, 2.05) is 18.2 Å². The Bertz CT molecular complexity index is 1210. The van der Waals surface area contributed by atoms with Crippen LogP contribution >= 0.6 is 0 Å². The van der Waals surface area contributed by atoms with E-state index in [1.54, 1.807) is 0 Å². The Labute approximate surface area is 159 Å². The molecule has 0 saturated heterocycles. The standard InChI is InChI=1S/C26H18O/c1-2-9-19(10-3-1)22-13-5-4-11-20(22)17-18-21-12-8-15-24-23-14-6-7-16-25(23)27-26(21)24/h1-5,7-13,15-16H,6,14H2. The smallest absolute Gasteiger partial charge is 0.150 e. The van der Waals surface area contributed by atoms with Crippen molar-refractivity contribution in [3.8, 4) is 23.0 Å². The van der Waals surface area contributed by atoms with Crippen LogP contribution in [0.4, 0.5) is 0 Å². The molecule has 0 bridgehead atoms. The summed E-state index contributed by atoms with van der Waals surface area (Å²) in [4.78, 5) is 0. The van der Waals surface area contributed by atoms with E-state index in [9.17, 15) is 0 Å². The maximum absolute atomic E-state index is 6.14. The van der Waals surface area contributed by atoms with Crippen molar-refractivity contribution in [2.24, 2.45) is 0 Å². The fourth-order valence-corrected chi connectivity index (χ4v) is 3.69. The maximum atomic E-state index is 6.14. The van der Waals surface area contributed by atoms with Crippen LogP contribution in [0.15, 0.2) is 83.3 Å². The Morgan fingerprint density at radius 3 is 2.44 bits per heavy atom. The quantitative estimate of drug-likeness (QED) is 0.361. The number of furan rings is 1. The number of benzene rings is 3. The molecule has 1 aliphatic rings. The Balaban J connectivity index is 1.62. The fraction of sp³-hybridized carbons (Fsp3) is 0.0769. The van der Waals surface area contributed by atoms with E-state index in [2.05, 4.69) is 78.6 Å². The molecule has 1 heterocycles. The van der Waals surface area contributed by atoms with Crippen LogP contribution in [-0.2, 0) is 6.42 Å². The predicted octanol–water partition coefficient (Wildman–Crippen LogP) is 6.46. The second-order valence-electron chi connectivity index (χ2n) is 6.73. The van der Waals surface area contributed by atoms with Crippen molar-refractivity contribution in [1.82, 2.24) is 0 Å². The largest absolute Gasteiger partial charge is 0.455 e. The third-order valence-corrected chi connectivity index (χ3v) is 5.02. The molecule has 4 aromatic rings. The van der Waals surface area contributed by atoms with Gasteiger partial charge in [-0.2, -0.15) is 0 Å². The minimum Gasteiger partial charge on any atom is -0.455 e. The molecular weight excluding hydrogens is 328 g/mol. The van der Waals surface area contributed by atoms with Crippen LogP contribution in [0.25, 0.3) is 28.2 Å². The number of para-hydroxylation sites is 1. The fourth-order valence-electron chi connectivity index (χ4n) is 3.69. The van der Waals surface area contributed by atoms with E-state index in [1.165, 1.54) is 16.5 Å². The second kappa shape index (κ2) is 6.67. The third kappa shape index (κ3) is 2.86. The monoisotopic (exact) mass is 346 g/mol. The number of allylic oxidation sites excluding steroid dienone is 1. The summed E-state index contributed by atoms with van der Waals surface area (Å²) in [6.07, 6.45) is 6.36.